The SMILES string of the molecule is CCOC(=O)c1[nH]c(C)c(C(=O)N2CCC(CC(=O)NCCN3CCCCCC3)CC2)c1C. The summed E-state index contributed by atoms with van der Waals surface area (Å²) in [5.41, 5.74) is 2.24. The number of hydrogen-bond acceptors (Lipinski definition) is 5. The highest BCUT2D eigenvalue weighted by atomic mass is 16.5. The predicted octanol–water partition coefficient (Wildman–Crippen LogP) is 3.04. The number of ether oxygens (including phenoxy) is 1. The summed E-state index contributed by atoms with van der Waals surface area (Å²) in [5, 5.41) is 3.09. The molecule has 8 nitrogen and oxygen atoms in total. The summed E-state index contributed by atoms with van der Waals surface area (Å²) in [6.45, 7) is 10.8. The summed E-state index contributed by atoms with van der Waals surface area (Å²) in [5.74, 6) is -0.0726. The van der Waals surface area contributed by atoms with Crippen molar-refractivity contribution in [2.75, 3.05) is 45.9 Å². The maximum Gasteiger partial charge on any atom is 0.355 e. The van der Waals surface area contributed by atoms with E-state index < -0.39 is 5.97 Å². The van der Waals surface area contributed by atoms with E-state index in [1.165, 1.54) is 25.7 Å². The number of esters is 1. The minimum Gasteiger partial charge on any atom is -0.461 e. The Labute approximate surface area is 197 Å². The minimum atomic E-state index is -0.433. The van der Waals surface area contributed by atoms with E-state index in [0.29, 0.717) is 61.1 Å². The molecule has 0 atom stereocenters. The molecular formula is C25H40N4O4. The number of likely N-dealkylation sites (tertiary alicyclic amines) is 2. The van der Waals surface area contributed by atoms with Crippen LogP contribution >= 0.6 is 0 Å². The van der Waals surface area contributed by atoms with Crippen LogP contribution in [0.2, 0.25) is 0 Å². The Morgan fingerprint density at radius 2 is 1.70 bits per heavy atom. The lowest BCUT2D eigenvalue weighted by Crippen LogP contribution is -2.40. The third-order valence-electron chi connectivity index (χ3n) is 6.96. The number of rotatable bonds is 8. The van der Waals surface area contributed by atoms with Gasteiger partial charge in [-0.25, -0.2) is 4.79 Å². The number of nitrogens with one attached hydrogen (secondary N) is 2. The van der Waals surface area contributed by atoms with E-state index >= 15 is 0 Å². The molecule has 0 saturated carbocycles. The van der Waals surface area contributed by atoms with E-state index in [-0.39, 0.29) is 11.8 Å². The number of hydrogen-bond donors (Lipinski definition) is 2. The Bertz CT molecular complexity index is 819. The maximum absolute atomic E-state index is 13.2. The number of amides is 2. The Balaban J connectivity index is 1.43. The second kappa shape index (κ2) is 12.2. The predicted molar refractivity (Wildman–Crippen MR) is 127 cm³/mol. The fourth-order valence-corrected chi connectivity index (χ4v) is 5.02. The van der Waals surface area contributed by atoms with Crippen LogP contribution in [-0.2, 0) is 9.53 Å². The van der Waals surface area contributed by atoms with Gasteiger partial charge in [0.15, 0.2) is 0 Å². The lowest BCUT2D eigenvalue weighted by atomic mass is 9.92. The van der Waals surface area contributed by atoms with Crippen molar-refractivity contribution in [2.45, 2.75) is 65.7 Å². The molecule has 0 aliphatic carbocycles. The first kappa shape index (κ1) is 25.3. The molecule has 0 radical (unpaired) electrons. The molecule has 1 aromatic rings. The average molecular weight is 461 g/mol. The summed E-state index contributed by atoms with van der Waals surface area (Å²) in [6, 6.07) is 0. The summed E-state index contributed by atoms with van der Waals surface area (Å²) in [4.78, 5) is 45.0. The van der Waals surface area contributed by atoms with Gasteiger partial charge in [-0.05, 0) is 71.0 Å². The highest BCUT2D eigenvalue weighted by Crippen LogP contribution is 2.25. The Morgan fingerprint density at radius 3 is 2.33 bits per heavy atom. The van der Waals surface area contributed by atoms with Crippen LogP contribution in [0.15, 0.2) is 0 Å². The molecule has 2 fully saturated rings. The van der Waals surface area contributed by atoms with Gasteiger partial charge in [-0.2, -0.15) is 0 Å². The minimum absolute atomic E-state index is 0.0582. The van der Waals surface area contributed by atoms with Gasteiger partial charge >= 0.3 is 5.97 Å². The molecule has 1 aromatic heterocycles. The number of aromatic nitrogens is 1. The molecule has 2 aliphatic rings. The van der Waals surface area contributed by atoms with Gasteiger partial charge in [0.2, 0.25) is 5.91 Å². The van der Waals surface area contributed by atoms with Crippen molar-refractivity contribution in [1.29, 1.82) is 0 Å². The molecule has 0 bridgehead atoms. The van der Waals surface area contributed by atoms with Crippen molar-refractivity contribution in [2.24, 2.45) is 5.92 Å². The van der Waals surface area contributed by atoms with E-state index in [1.54, 1.807) is 13.8 Å². The van der Waals surface area contributed by atoms with Crippen LogP contribution in [0, 0.1) is 19.8 Å². The molecule has 2 aliphatic heterocycles. The summed E-state index contributed by atoms with van der Waals surface area (Å²) >= 11 is 0. The standard InChI is InChI=1S/C25H40N4O4/c1-4-33-25(32)23-18(2)22(19(3)27-23)24(31)29-14-9-20(10-15-29)17-21(30)26-11-16-28-12-7-5-6-8-13-28/h20,27H,4-17H2,1-3H3,(H,26,30). The zero-order valence-electron chi connectivity index (χ0n) is 20.5. The fraction of sp³-hybridized carbons (Fsp3) is 0.720. The van der Waals surface area contributed by atoms with Crippen LogP contribution < -0.4 is 5.32 Å². The number of aryl methyl sites for hydroxylation is 1. The quantitative estimate of drug-likeness (QED) is 0.582. The monoisotopic (exact) mass is 460 g/mol. The molecule has 3 heterocycles. The largest absolute Gasteiger partial charge is 0.461 e. The number of H-pyrrole nitrogens is 1. The van der Waals surface area contributed by atoms with Crippen LogP contribution in [0.5, 0.6) is 0 Å². The van der Waals surface area contributed by atoms with Crippen LogP contribution in [0.3, 0.4) is 0 Å². The number of carbonyl (C=O) groups excluding carboxylic acids is 3. The molecule has 2 saturated heterocycles. The second-order valence-electron chi connectivity index (χ2n) is 9.39. The number of carbonyl (C=O) groups is 3. The summed E-state index contributed by atoms with van der Waals surface area (Å²) in [6.07, 6.45) is 7.32. The zero-order chi connectivity index (χ0) is 23.8. The third-order valence-corrected chi connectivity index (χ3v) is 6.96. The first-order chi connectivity index (χ1) is 15.9. The first-order valence-corrected chi connectivity index (χ1v) is 12.5. The lowest BCUT2D eigenvalue weighted by molar-refractivity contribution is -0.122. The maximum atomic E-state index is 13.2. The van der Waals surface area contributed by atoms with Crippen LogP contribution in [0.1, 0.15) is 84.0 Å². The number of aromatic amines is 1. The van der Waals surface area contributed by atoms with Gasteiger partial charge in [0.05, 0.1) is 12.2 Å². The molecule has 184 valence electrons. The smallest absolute Gasteiger partial charge is 0.355 e. The zero-order valence-corrected chi connectivity index (χ0v) is 20.5. The first-order valence-electron chi connectivity index (χ1n) is 12.5. The lowest BCUT2D eigenvalue weighted by Gasteiger charge is -2.32. The van der Waals surface area contributed by atoms with Crippen LogP contribution in [-0.4, -0.2) is 78.4 Å². The van der Waals surface area contributed by atoms with Crippen molar-refractivity contribution >= 4 is 17.8 Å². The highest BCUT2D eigenvalue weighted by Gasteiger charge is 2.29. The fourth-order valence-electron chi connectivity index (χ4n) is 5.02. The molecule has 2 amide bonds. The Kier molecular flexibility index (Phi) is 9.35. The van der Waals surface area contributed by atoms with E-state index in [4.69, 9.17) is 4.74 Å². The molecule has 0 aromatic carbocycles. The van der Waals surface area contributed by atoms with Gasteiger partial charge in [-0.1, -0.05) is 12.8 Å². The Hall–Kier alpha value is -2.35. The molecule has 2 N–H and O–H groups in total. The molecular weight excluding hydrogens is 420 g/mol. The number of nitrogens with zero attached hydrogens (tertiary/aromatic N) is 2. The summed E-state index contributed by atoms with van der Waals surface area (Å²) < 4.78 is 5.09. The van der Waals surface area contributed by atoms with Gasteiger partial charge in [0, 0.05) is 38.3 Å². The van der Waals surface area contributed by atoms with E-state index in [1.807, 2.05) is 11.8 Å². The van der Waals surface area contributed by atoms with E-state index in [0.717, 1.165) is 32.5 Å². The molecule has 0 unspecified atom stereocenters. The van der Waals surface area contributed by atoms with Crippen molar-refractivity contribution in [3.05, 3.63) is 22.5 Å². The van der Waals surface area contributed by atoms with Crippen molar-refractivity contribution < 1.29 is 19.1 Å². The van der Waals surface area contributed by atoms with Crippen LogP contribution in [0.4, 0.5) is 0 Å². The molecule has 0 spiro atoms. The van der Waals surface area contributed by atoms with Crippen LogP contribution in [0.25, 0.3) is 0 Å². The van der Waals surface area contributed by atoms with E-state index in [9.17, 15) is 14.4 Å². The van der Waals surface area contributed by atoms with Gasteiger partial charge < -0.3 is 24.8 Å². The van der Waals surface area contributed by atoms with Gasteiger partial charge in [0.1, 0.15) is 5.69 Å². The van der Waals surface area contributed by atoms with Crippen molar-refractivity contribution in [3.63, 3.8) is 0 Å². The van der Waals surface area contributed by atoms with Gasteiger partial charge in [-0.3, -0.25) is 9.59 Å². The third kappa shape index (κ3) is 6.82. The van der Waals surface area contributed by atoms with Crippen molar-refractivity contribution in [3.8, 4) is 0 Å². The van der Waals surface area contributed by atoms with Gasteiger partial charge in [0.25, 0.3) is 5.91 Å². The van der Waals surface area contributed by atoms with Gasteiger partial charge in [-0.15, -0.1) is 0 Å². The molecule has 8 heteroatoms. The topological polar surface area (TPSA) is 94.7 Å². The van der Waals surface area contributed by atoms with E-state index in [2.05, 4.69) is 15.2 Å². The normalized spacial score (nSPS) is 18.1. The summed E-state index contributed by atoms with van der Waals surface area (Å²) in [7, 11) is 0. The average Bonchev–Trinajstić information content (AvgIpc) is 2.95. The second-order valence-corrected chi connectivity index (χ2v) is 9.39. The Morgan fingerprint density at radius 1 is 1.03 bits per heavy atom. The number of piperidine rings is 1. The molecule has 3 rings (SSSR count). The highest BCUT2D eigenvalue weighted by molar-refractivity contribution is 6.01. The molecule has 33 heavy (non-hydrogen) atoms. The van der Waals surface area contributed by atoms with Crippen molar-refractivity contribution in [1.82, 2.24) is 20.1 Å².